The van der Waals surface area contributed by atoms with E-state index in [-0.39, 0.29) is 18.6 Å². The zero-order valence-electron chi connectivity index (χ0n) is 18.8. The molecule has 2 aliphatic rings. The van der Waals surface area contributed by atoms with Gasteiger partial charge in [-0.1, -0.05) is 35.9 Å². The molecule has 3 amide bonds. The molecule has 1 saturated carbocycles. The van der Waals surface area contributed by atoms with Crippen LogP contribution in [0.5, 0.6) is 5.75 Å². The molecule has 5 rings (SSSR count). The number of benzene rings is 2. The summed E-state index contributed by atoms with van der Waals surface area (Å²) in [7, 11) is 1.65. The zero-order chi connectivity index (χ0) is 23.8. The molecule has 1 fully saturated rings. The molecular weight excluding hydrogens is 454 g/mol. The molecule has 0 bridgehead atoms. The van der Waals surface area contributed by atoms with Crippen LogP contribution in [0.3, 0.4) is 0 Å². The summed E-state index contributed by atoms with van der Waals surface area (Å²) in [4.78, 5) is 27.0. The van der Waals surface area contributed by atoms with Crippen LogP contribution >= 0.6 is 11.6 Å². The number of amides is 3. The molecule has 0 spiro atoms. The quantitative estimate of drug-likeness (QED) is 0.581. The summed E-state index contributed by atoms with van der Waals surface area (Å²) < 4.78 is 6.99. The number of halogens is 1. The Morgan fingerprint density at radius 3 is 2.59 bits per heavy atom. The van der Waals surface area contributed by atoms with Gasteiger partial charge in [-0.2, -0.15) is 5.10 Å². The number of ether oxygens (including phenoxy) is 1. The minimum absolute atomic E-state index is 0.129. The highest BCUT2D eigenvalue weighted by molar-refractivity contribution is 6.30. The molecule has 1 aromatic heterocycles. The van der Waals surface area contributed by atoms with Crippen molar-refractivity contribution in [2.24, 2.45) is 5.73 Å². The number of fused-ring (bicyclic) bond motifs is 1. The largest absolute Gasteiger partial charge is 0.497 e. The number of methoxy groups -OCH3 is 1. The first-order valence-electron chi connectivity index (χ1n) is 11.3. The normalized spacial score (nSPS) is 19.2. The van der Waals surface area contributed by atoms with Crippen LogP contribution in [0, 0.1) is 0 Å². The Kier molecular flexibility index (Phi) is 5.91. The highest BCUT2D eigenvalue weighted by Gasteiger charge is 2.34. The van der Waals surface area contributed by atoms with E-state index in [9.17, 15) is 9.59 Å². The van der Waals surface area contributed by atoms with Crippen molar-refractivity contribution in [1.29, 1.82) is 0 Å². The first kappa shape index (κ1) is 22.3. The van der Waals surface area contributed by atoms with Crippen molar-refractivity contribution in [2.45, 2.75) is 37.9 Å². The van der Waals surface area contributed by atoms with Crippen LogP contribution in [0.4, 0.5) is 4.79 Å². The highest BCUT2D eigenvalue weighted by Crippen LogP contribution is 2.37. The molecule has 3 aromatic rings. The van der Waals surface area contributed by atoms with Gasteiger partial charge >= 0.3 is 6.03 Å². The number of carbonyl (C=O) groups excluding carboxylic acids is 2. The van der Waals surface area contributed by atoms with Crippen LogP contribution in [0.1, 0.15) is 40.4 Å². The Morgan fingerprint density at radius 2 is 1.91 bits per heavy atom. The third-order valence-electron chi connectivity index (χ3n) is 6.66. The summed E-state index contributed by atoms with van der Waals surface area (Å²) in [6, 6.07) is 15.2. The number of nitrogens with two attached hydrogens (primary N) is 1. The topological polar surface area (TPSA) is 102 Å². The van der Waals surface area contributed by atoms with E-state index in [1.54, 1.807) is 34.9 Å². The van der Waals surface area contributed by atoms with E-state index in [0.717, 1.165) is 24.2 Å². The Hall–Kier alpha value is -3.52. The van der Waals surface area contributed by atoms with Crippen molar-refractivity contribution >= 4 is 23.5 Å². The molecule has 176 valence electrons. The smallest absolute Gasteiger partial charge is 0.318 e. The molecule has 9 heteroatoms. The number of hydrogen-bond acceptors (Lipinski definition) is 4. The Bertz CT molecular complexity index is 1230. The Balaban J connectivity index is 1.25. The number of carbonyl (C=O) groups is 2. The summed E-state index contributed by atoms with van der Waals surface area (Å²) in [6.45, 7) is 1.26. The summed E-state index contributed by atoms with van der Waals surface area (Å²) in [5.74, 6) is 0.701. The van der Waals surface area contributed by atoms with Crippen LogP contribution in [0.15, 0.2) is 48.5 Å². The van der Waals surface area contributed by atoms with Crippen LogP contribution in [-0.4, -0.2) is 46.3 Å². The third kappa shape index (κ3) is 4.21. The first-order chi connectivity index (χ1) is 16.4. The van der Waals surface area contributed by atoms with Crippen LogP contribution in [0.25, 0.3) is 11.3 Å². The van der Waals surface area contributed by atoms with Crippen molar-refractivity contribution in [1.82, 2.24) is 20.0 Å². The van der Waals surface area contributed by atoms with Crippen LogP contribution in [0.2, 0.25) is 5.02 Å². The van der Waals surface area contributed by atoms with E-state index in [0.29, 0.717) is 41.0 Å². The number of nitrogens with zero attached hydrogens (tertiary/aromatic N) is 3. The van der Waals surface area contributed by atoms with Crippen molar-refractivity contribution in [2.75, 3.05) is 13.7 Å². The second kappa shape index (κ2) is 9.02. The van der Waals surface area contributed by atoms with Crippen LogP contribution < -0.4 is 15.8 Å². The first-order valence-corrected chi connectivity index (χ1v) is 11.7. The van der Waals surface area contributed by atoms with Crippen molar-refractivity contribution in [3.05, 3.63) is 70.4 Å². The van der Waals surface area contributed by atoms with E-state index in [2.05, 4.69) is 22.5 Å². The van der Waals surface area contributed by atoms with Gasteiger partial charge in [0.2, 0.25) is 0 Å². The van der Waals surface area contributed by atoms with Gasteiger partial charge in [-0.3, -0.25) is 9.48 Å². The molecule has 0 radical (unpaired) electrons. The average Bonchev–Trinajstić information content (AvgIpc) is 3.20. The summed E-state index contributed by atoms with van der Waals surface area (Å²) in [5.41, 5.74) is 9.18. The fourth-order valence-corrected chi connectivity index (χ4v) is 4.93. The van der Waals surface area contributed by atoms with Gasteiger partial charge in [0.05, 0.1) is 31.5 Å². The lowest BCUT2D eigenvalue weighted by molar-refractivity contribution is 0.0997. The number of primary amides is 1. The molecule has 0 unspecified atom stereocenters. The standard InChI is InChI=1S/C25H26ClN5O3/c1-34-20-7-5-15(6-8-20)17-12-19(13-17)28-25(33)30-9-10-31-21(14-30)22(24(27)32)23(29-31)16-3-2-4-18(26)11-16/h2-8,11,17,19H,9-10,12-14H2,1H3,(H2,27,32)(H,28,33)/t17-,19-. The van der Waals surface area contributed by atoms with E-state index in [4.69, 9.17) is 22.1 Å². The van der Waals surface area contributed by atoms with E-state index in [1.807, 2.05) is 18.2 Å². The Labute approximate surface area is 202 Å². The molecule has 2 heterocycles. The fraction of sp³-hybridized carbons (Fsp3) is 0.320. The lowest BCUT2D eigenvalue weighted by Crippen LogP contribution is -2.51. The minimum atomic E-state index is -0.570. The summed E-state index contributed by atoms with van der Waals surface area (Å²) in [6.07, 6.45) is 1.80. The van der Waals surface area contributed by atoms with Crippen molar-refractivity contribution < 1.29 is 14.3 Å². The lowest BCUT2D eigenvalue weighted by Gasteiger charge is -2.38. The number of hydrogen-bond donors (Lipinski definition) is 2. The molecule has 8 nitrogen and oxygen atoms in total. The predicted molar refractivity (Wildman–Crippen MR) is 129 cm³/mol. The average molecular weight is 480 g/mol. The molecule has 2 aromatic carbocycles. The predicted octanol–water partition coefficient (Wildman–Crippen LogP) is 3.78. The van der Waals surface area contributed by atoms with Gasteiger partial charge in [0, 0.05) is 23.2 Å². The van der Waals surface area contributed by atoms with Gasteiger partial charge in [0.25, 0.3) is 5.91 Å². The van der Waals surface area contributed by atoms with Gasteiger partial charge < -0.3 is 20.7 Å². The van der Waals surface area contributed by atoms with Crippen molar-refractivity contribution in [3.8, 4) is 17.0 Å². The minimum Gasteiger partial charge on any atom is -0.497 e. The van der Waals surface area contributed by atoms with E-state index in [1.165, 1.54) is 5.56 Å². The second-order valence-corrected chi connectivity index (χ2v) is 9.21. The van der Waals surface area contributed by atoms with Gasteiger partial charge in [-0.05, 0) is 48.6 Å². The number of aromatic nitrogens is 2. The number of rotatable bonds is 5. The molecule has 1 aliphatic carbocycles. The van der Waals surface area contributed by atoms with Gasteiger partial charge in [-0.25, -0.2) is 4.79 Å². The van der Waals surface area contributed by atoms with E-state index < -0.39 is 5.91 Å². The highest BCUT2D eigenvalue weighted by atomic mass is 35.5. The third-order valence-corrected chi connectivity index (χ3v) is 6.90. The SMILES string of the molecule is COc1ccc([C@H]2C[C@H](NC(=O)N3CCn4nc(-c5cccc(Cl)c5)c(C(N)=O)c4C3)C2)cc1. The zero-order valence-corrected chi connectivity index (χ0v) is 19.6. The summed E-state index contributed by atoms with van der Waals surface area (Å²) in [5, 5.41) is 8.29. The lowest BCUT2D eigenvalue weighted by atomic mass is 9.76. The number of nitrogens with one attached hydrogen (secondary N) is 1. The van der Waals surface area contributed by atoms with Crippen molar-refractivity contribution in [3.63, 3.8) is 0 Å². The maximum absolute atomic E-state index is 13.0. The summed E-state index contributed by atoms with van der Waals surface area (Å²) >= 11 is 6.13. The fourth-order valence-electron chi connectivity index (χ4n) is 4.74. The molecule has 34 heavy (non-hydrogen) atoms. The molecular formula is C25H26ClN5O3. The molecule has 0 atom stereocenters. The van der Waals surface area contributed by atoms with E-state index >= 15 is 0 Å². The maximum atomic E-state index is 13.0. The number of urea groups is 1. The molecule has 3 N–H and O–H groups in total. The maximum Gasteiger partial charge on any atom is 0.318 e. The van der Waals surface area contributed by atoms with Gasteiger partial charge in [0.15, 0.2) is 0 Å². The monoisotopic (exact) mass is 479 g/mol. The van der Waals surface area contributed by atoms with Gasteiger partial charge in [-0.15, -0.1) is 0 Å². The molecule has 1 aliphatic heterocycles. The second-order valence-electron chi connectivity index (χ2n) is 8.78. The molecule has 0 saturated heterocycles. The van der Waals surface area contributed by atoms with Crippen LogP contribution in [-0.2, 0) is 13.1 Å². The Morgan fingerprint density at radius 1 is 1.15 bits per heavy atom. The van der Waals surface area contributed by atoms with Gasteiger partial charge in [0.1, 0.15) is 11.4 Å².